The van der Waals surface area contributed by atoms with E-state index in [1.165, 1.54) is 18.1 Å². The molecule has 0 spiro atoms. The predicted octanol–water partition coefficient (Wildman–Crippen LogP) is 4.58. The molecule has 0 aromatic rings. The molecule has 0 aromatic heterocycles. The van der Waals surface area contributed by atoms with Gasteiger partial charge in [-0.15, -0.1) is 0 Å². The molecule has 0 radical (unpaired) electrons. The van der Waals surface area contributed by atoms with Crippen molar-refractivity contribution in [2.75, 3.05) is 0 Å². The van der Waals surface area contributed by atoms with Crippen LogP contribution in [0.25, 0.3) is 0 Å². The van der Waals surface area contributed by atoms with Crippen molar-refractivity contribution < 1.29 is 19.1 Å². The average Bonchev–Trinajstić information content (AvgIpc) is 2.90. The Hall–Kier alpha value is -1.71. The van der Waals surface area contributed by atoms with Crippen molar-refractivity contribution in [1.82, 2.24) is 0 Å². The number of Topliss-reactive ketones (excluding diaryl/α,β-unsaturated/α-hetero) is 1. The molecule has 0 unspecified atom stereocenters. The van der Waals surface area contributed by atoms with Crippen LogP contribution < -0.4 is 0 Å². The van der Waals surface area contributed by atoms with Crippen molar-refractivity contribution in [3.05, 3.63) is 23.3 Å². The van der Waals surface area contributed by atoms with Crippen molar-refractivity contribution in [3.8, 4) is 0 Å². The number of hydrogen-bond acceptors (Lipinski definition) is 4. The smallest absolute Gasteiger partial charge is 0.303 e. The first kappa shape index (κ1) is 19.6. The zero-order valence-corrected chi connectivity index (χ0v) is 17.8. The molecule has 2 fully saturated rings. The molecule has 28 heavy (non-hydrogen) atoms. The van der Waals surface area contributed by atoms with E-state index in [4.69, 9.17) is 4.74 Å². The maximum absolute atomic E-state index is 12.8. The van der Waals surface area contributed by atoms with Crippen LogP contribution in [0.15, 0.2) is 23.3 Å². The van der Waals surface area contributed by atoms with Gasteiger partial charge < -0.3 is 4.74 Å². The molecule has 6 atom stereocenters. The van der Waals surface area contributed by atoms with Gasteiger partial charge in [-0.3, -0.25) is 14.4 Å². The van der Waals surface area contributed by atoms with Gasteiger partial charge in [-0.25, -0.2) is 0 Å². The third-order valence-electron chi connectivity index (χ3n) is 8.84. The number of fused-ring (bicyclic) bond motifs is 5. The molecule has 0 bridgehead atoms. The van der Waals surface area contributed by atoms with Crippen LogP contribution in [0.3, 0.4) is 0 Å². The summed E-state index contributed by atoms with van der Waals surface area (Å²) in [5.74, 6) is 1.03. The molecule has 4 heteroatoms. The van der Waals surface area contributed by atoms with Crippen molar-refractivity contribution in [2.24, 2.45) is 28.6 Å². The fourth-order valence-corrected chi connectivity index (χ4v) is 7.48. The summed E-state index contributed by atoms with van der Waals surface area (Å²) >= 11 is 0. The number of carbonyl (C=O) groups is 3. The molecule has 4 rings (SSSR count). The molecule has 0 aromatic carbocycles. The second kappa shape index (κ2) is 6.14. The van der Waals surface area contributed by atoms with Crippen molar-refractivity contribution in [3.63, 3.8) is 0 Å². The van der Waals surface area contributed by atoms with Gasteiger partial charge in [-0.2, -0.15) is 0 Å². The first-order valence-electron chi connectivity index (χ1n) is 10.7. The molecule has 152 valence electrons. The van der Waals surface area contributed by atoms with E-state index in [0.717, 1.165) is 25.7 Å². The molecule has 4 nitrogen and oxygen atoms in total. The highest BCUT2D eigenvalue weighted by Crippen LogP contribution is 2.67. The maximum Gasteiger partial charge on any atom is 0.303 e. The van der Waals surface area contributed by atoms with E-state index in [-0.39, 0.29) is 28.4 Å². The Morgan fingerprint density at radius 1 is 1.07 bits per heavy atom. The van der Waals surface area contributed by atoms with E-state index < -0.39 is 5.60 Å². The van der Waals surface area contributed by atoms with Crippen LogP contribution in [0.2, 0.25) is 0 Å². The minimum absolute atomic E-state index is 0.0160. The summed E-state index contributed by atoms with van der Waals surface area (Å²) in [5, 5.41) is 0. The highest BCUT2D eigenvalue weighted by molar-refractivity contribution is 5.92. The van der Waals surface area contributed by atoms with E-state index in [2.05, 4.69) is 26.8 Å². The van der Waals surface area contributed by atoms with Gasteiger partial charge >= 0.3 is 5.97 Å². The Balaban J connectivity index is 1.79. The first-order chi connectivity index (χ1) is 13.0. The number of ether oxygens (including phenoxy) is 1. The van der Waals surface area contributed by atoms with Crippen LogP contribution in [0, 0.1) is 28.6 Å². The molecule has 0 aliphatic heterocycles. The Bertz CT molecular complexity index is 820. The van der Waals surface area contributed by atoms with Gasteiger partial charge in [0, 0.05) is 18.8 Å². The van der Waals surface area contributed by atoms with Crippen LogP contribution in [0.1, 0.15) is 73.1 Å². The van der Waals surface area contributed by atoms with Crippen molar-refractivity contribution in [2.45, 2.75) is 78.7 Å². The number of hydrogen-bond donors (Lipinski definition) is 0. The van der Waals surface area contributed by atoms with E-state index in [9.17, 15) is 14.4 Å². The van der Waals surface area contributed by atoms with Crippen LogP contribution >= 0.6 is 0 Å². The van der Waals surface area contributed by atoms with E-state index in [1.54, 1.807) is 6.92 Å². The van der Waals surface area contributed by atoms with Crippen LogP contribution in [-0.2, 0) is 19.1 Å². The lowest BCUT2D eigenvalue weighted by Crippen LogP contribution is -2.58. The van der Waals surface area contributed by atoms with Crippen molar-refractivity contribution >= 4 is 17.5 Å². The lowest BCUT2D eigenvalue weighted by molar-refractivity contribution is -0.185. The number of carbonyl (C=O) groups excluding carboxylic acids is 3. The second-order valence-electron chi connectivity index (χ2n) is 10.1. The molecule has 4 aliphatic rings. The van der Waals surface area contributed by atoms with Gasteiger partial charge in [-0.1, -0.05) is 25.5 Å². The molecular weight excluding hydrogens is 352 g/mol. The topological polar surface area (TPSA) is 60.4 Å². The minimum Gasteiger partial charge on any atom is -0.451 e. The third-order valence-corrected chi connectivity index (χ3v) is 8.84. The molecule has 0 N–H and O–H groups in total. The number of ketones is 2. The number of esters is 1. The van der Waals surface area contributed by atoms with Crippen LogP contribution in [0.5, 0.6) is 0 Å². The molecule has 4 aliphatic carbocycles. The summed E-state index contributed by atoms with van der Waals surface area (Å²) in [4.78, 5) is 36.8. The standard InChI is InChI=1S/C24H32O4/c1-14-12-18-19(22(4)9-6-17(27)13-21(14)22)7-10-23(5)20(18)8-11-24(23,15(2)25)28-16(3)26/h12-13,18-20H,6-11H2,1-5H3/t18-,19-,20-,22+,23-,24+/m0/s1. The van der Waals surface area contributed by atoms with Gasteiger partial charge in [0.1, 0.15) is 0 Å². The van der Waals surface area contributed by atoms with E-state index in [1.807, 2.05) is 6.08 Å². The van der Waals surface area contributed by atoms with Crippen molar-refractivity contribution in [1.29, 1.82) is 0 Å². The summed E-state index contributed by atoms with van der Waals surface area (Å²) in [6.07, 6.45) is 9.20. The fourth-order valence-electron chi connectivity index (χ4n) is 7.48. The average molecular weight is 385 g/mol. The second-order valence-corrected chi connectivity index (χ2v) is 10.1. The highest BCUT2D eigenvalue weighted by Gasteiger charge is 2.67. The summed E-state index contributed by atoms with van der Waals surface area (Å²) < 4.78 is 5.82. The number of allylic oxidation sites excluding steroid dienone is 4. The SMILES string of the molecule is CC(=O)O[C@@]1(C(C)=O)CC[C@H]2[C@H]3C=C(C)C4=CC(=O)CC[C@]4(C)[C@H]3CC[C@@]21C. The zero-order valence-electron chi connectivity index (χ0n) is 17.8. The summed E-state index contributed by atoms with van der Waals surface area (Å²) in [5.41, 5.74) is 1.15. The molecule has 0 saturated heterocycles. The molecule has 0 amide bonds. The molecular formula is C24H32O4. The number of rotatable bonds is 2. The summed E-state index contributed by atoms with van der Waals surface area (Å²) in [7, 11) is 0. The van der Waals surface area contributed by atoms with Crippen LogP contribution in [-0.4, -0.2) is 23.1 Å². The largest absolute Gasteiger partial charge is 0.451 e. The monoisotopic (exact) mass is 384 g/mol. The Morgan fingerprint density at radius 3 is 2.39 bits per heavy atom. The maximum atomic E-state index is 12.8. The van der Waals surface area contributed by atoms with E-state index in [0.29, 0.717) is 30.6 Å². The van der Waals surface area contributed by atoms with Gasteiger partial charge in [0.15, 0.2) is 17.2 Å². The van der Waals surface area contributed by atoms with E-state index >= 15 is 0 Å². The normalized spacial score (nSPS) is 44.6. The lowest BCUT2D eigenvalue weighted by Gasteiger charge is -2.58. The third kappa shape index (κ3) is 2.39. The zero-order chi connectivity index (χ0) is 20.5. The van der Waals surface area contributed by atoms with Gasteiger partial charge in [-0.05, 0) is 80.8 Å². The molecule has 2 saturated carbocycles. The summed E-state index contributed by atoms with van der Waals surface area (Å²) in [6.45, 7) is 9.63. The Labute approximate surface area is 167 Å². The first-order valence-corrected chi connectivity index (χ1v) is 10.7. The Kier molecular flexibility index (Phi) is 4.30. The Morgan fingerprint density at radius 2 is 1.75 bits per heavy atom. The summed E-state index contributed by atoms with van der Waals surface area (Å²) in [6, 6.07) is 0. The minimum atomic E-state index is -0.990. The predicted molar refractivity (Wildman–Crippen MR) is 106 cm³/mol. The van der Waals surface area contributed by atoms with Gasteiger partial charge in [0.2, 0.25) is 0 Å². The van der Waals surface area contributed by atoms with Gasteiger partial charge in [0.05, 0.1) is 0 Å². The quantitative estimate of drug-likeness (QED) is 0.654. The van der Waals surface area contributed by atoms with Crippen LogP contribution in [0.4, 0.5) is 0 Å². The molecule has 0 heterocycles. The highest BCUT2D eigenvalue weighted by atomic mass is 16.6. The van der Waals surface area contributed by atoms with Gasteiger partial charge in [0.25, 0.3) is 0 Å². The fraction of sp³-hybridized carbons (Fsp3) is 0.708. The lowest BCUT2D eigenvalue weighted by atomic mass is 9.47.